The van der Waals surface area contributed by atoms with Crippen LogP contribution >= 0.6 is 24.0 Å². The van der Waals surface area contributed by atoms with Gasteiger partial charge in [0.25, 0.3) is 0 Å². The van der Waals surface area contributed by atoms with Gasteiger partial charge in [-0.3, -0.25) is 4.79 Å². The Balaban J connectivity index is 3.51. The van der Waals surface area contributed by atoms with Crippen LogP contribution in [0.25, 0.3) is 0 Å². The molecule has 0 radical (unpaired) electrons. The number of hydrogen-bond acceptors (Lipinski definition) is 3. The fourth-order valence-electron chi connectivity index (χ4n) is 0.392. The molecule has 0 unspecified atom stereocenters. The third kappa shape index (κ3) is 3.85. The highest BCUT2D eigenvalue weighted by Crippen LogP contribution is 1.96. The number of rotatable bonds is 4. The molecular weight excluding hydrogens is 166 g/mol. The summed E-state index contributed by atoms with van der Waals surface area (Å²) in [5.41, 5.74) is 0. The third-order valence-corrected chi connectivity index (χ3v) is 2.13. The SMILES string of the molecule is CCN(C)C(=O)CSC=S. The number of thioether (sulfide) groups is 1. The maximum absolute atomic E-state index is 11.0. The van der Waals surface area contributed by atoms with Gasteiger partial charge in [-0.15, -0.1) is 11.8 Å². The first kappa shape index (κ1) is 9.91. The molecule has 58 valence electrons. The van der Waals surface area contributed by atoms with E-state index in [0.717, 1.165) is 6.54 Å². The monoisotopic (exact) mass is 177 g/mol. The Morgan fingerprint density at radius 3 is 2.80 bits per heavy atom. The van der Waals surface area contributed by atoms with Gasteiger partial charge in [0, 0.05) is 18.3 Å². The van der Waals surface area contributed by atoms with Gasteiger partial charge in [-0.1, -0.05) is 12.2 Å². The van der Waals surface area contributed by atoms with Gasteiger partial charge < -0.3 is 4.90 Å². The highest BCUT2D eigenvalue weighted by atomic mass is 32.2. The smallest absolute Gasteiger partial charge is 0.232 e. The fraction of sp³-hybridized carbons (Fsp3) is 0.667. The maximum atomic E-state index is 11.0. The minimum absolute atomic E-state index is 0.133. The second kappa shape index (κ2) is 5.68. The van der Waals surface area contributed by atoms with Crippen molar-refractivity contribution in [1.29, 1.82) is 0 Å². The van der Waals surface area contributed by atoms with Gasteiger partial charge in [-0.25, -0.2) is 0 Å². The number of hydrogen-bond donors (Lipinski definition) is 0. The summed E-state index contributed by atoms with van der Waals surface area (Å²) in [6.45, 7) is 2.71. The van der Waals surface area contributed by atoms with Crippen LogP contribution in [0, 0.1) is 0 Å². The summed E-state index contributed by atoms with van der Waals surface area (Å²) in [7, 11) is 1.78. The Labute approximate surface area is 71.0 Å². The van der Waals surface area contributed by atoms with E-state index in [1.807, 2.05) is 6.92 Å². The highest BCUT2D eigenvalue weighted by Gasteiger charge is 2.03. The van der Waals surface area contributed by atoms with Crippen molar-refractivity contribution < 1.29 is 4.79 Å². The molecule has 10 heavy (non-hydrogen) atoms. The van der Waals surface area contributed by atoms with Gasteiger partial charge >= 0.3 is 0 Å². The van der Waals surface area contributed by atoms with E-state index in [0.29, 0.717) is 5.75 Å². The van der Waals surface area contributed by atoms with Crippen LogP contribution in [0.2, 0.25) is 0 Å². The largest absolute Gasteiger partial charge is 0.345 e. The molecule has 0 bridgehead atoms. The van der Waals surface area contributed by atoms with Crippen molar-refractivity contribution in [2.24, 2.45) is 0 Å². The average molecular weight is 177 g/mol. The first-order valence-corrected chi connectivity index (χ1v) is 4.53. The zero-order valence-corrected chi connectivity index (χ0v) is 7.80. The molecule has 0 N–H and O–H groups in total. The summed E-state index contributed by atoms with van der Waals surface area (Å²) in [5, 5.41) is 0. The number of carbonyl (C=O) groups is 1. The number of nitrogens with zero attached hydrogens (tertiary/aromatic N) is 1. The molecule has 0 aliphatic heterocycles. The zero-order chi connectivity index (χ0) is 7.98. The molecule has 0 saturated carbocycles. The predicted molar refractivity (Wildman–Crippen MR) is 49.4 cm³/mol. The normalized spacial score (nSPS) is 9.00. The van der Waals surface area contributed by atoms with Crippen LogP contribution in [-0.2, 0) is 4.79 Å². The lowest BCUT2D eigenvalue weighted by atomic mass is 10.5. The molecule has 1 amide bonds. The van der Waals surface area contributed by atoms with Gasteiger partial charge in [0.2, 0.25) is 5.91 Å². The maximum Gasteiger partial charge on any atom is 0.232 e. The molecule has 0 saturated heterocycles. The van der Waals surface area contributed by atoms with Crippen LogP contribution < -0.4 is 0 Å². The van der Waals surface area contributed by atoms with Crippen molar-refractivity contribution in [1.82, 2.24) is 4.90 Å². The van der Waals surface area contributed by atoms with Crippen LogP contribution in [0.5, 0.6) is 0 Å². The minimum atomic E-state index is 0.133. The molecule has 0 atom stereocenters. The van der Waals surface area contributed by atoms with Crippen molar-refractivity contribution in [2.75, 3.05) is 19.3 Å². The summed E-state index contributed by atoms with van der Waals surface area (Å²) in [6.07, 6.45) is 0. The summed E-state index contributed by atoms with van der Waals surface area (Å²) >= 11 is 5.92. The fourth-order valence-corrected chi connectivity index (χ4v) is 1.03. The first-order chi connectivity index (χ1) is 4.72. The Morgan fingerprint density at radius 2 is 2.40 bits per heavy atom. The van der Waals surface area contributed by atoms with Crippen molar-refractivity contribution in [3.05, 3.63) is 0 Å². The Morgan fingerprint density at radius 1 is 1.80 bits per heavy atom. The van der Waals surface area contributed by atoms with Crippen molar-refractivity contribution in [2.45, 2.75) is 6.92 Å². The Kier molecular flexibility index (Phi) is 5.63. The molecule has 0 fully saturated rings. The van der Waals surface area contributed by atoms with E-state index >= 15 is 0 Å². The standard InChI is InChI=1S/C6H11NOS2/c1-3-7(2)6(8)4-10-5-9/h5H,3-4H2,1-2H3. The summed E-state index contributed by atoms with van der Waals surface area (Å²) in [6, 6.07) is 0. The summed E-state index contributed by atoms with van der Waals surface area (Å²) in [4.78, 5) is 12.6. The molecule has 2 nitrogen and oxygen atoms in total. The predicted octanol–water partition coefficient (Wildman–Crippen LogP) is 1.16. The Hall–Kier alpha value is -0.0900. The lowest BCUT2D eigenvalue weighted by Crippen LogP contribution is -2.27. The van der Waals surface area contributed by atoms with Crippen molar-refractivity contribution >= 4 is 34.6 Å². The van der Waals surface area contributed by atoms with Gasteiger partial charge in [-0.05, 0) is 6.92 Å². The lowest BCUT2D eigenvalue weighted by molar-refractivity contribution is -0.126. The molecule has 0 aliphatic rings. The van der Waals surface area contributed by atoms with Crippen LogP contribution in [0.3, 0.4) is 0 Å². The van der Waals surface area contributed by atoms with Crippen LogP contribution in [0.15, 0.2) is 0 Å². The van der Waals surface area contributed by atoms with Gasteiger partial charge in [0.15, 0.2) is 0 Å². The molecular formula is C6H11NOS2. The van der Waals surface area contributed by atoms with Crippen LogP contribution in [-0.4, -0.2) is 34.9 Å². The zero-order valence-electron chi connectivity index (χ0n) is 6.16. The first-order valence-electron chi connectivity index (χ1n) is 3.01. The quantitative estimate of drug-likeness (QED) is 0.601. The molecule has 0 aromatic rings. The average Bonchev–Trinajstić information content (AvgIpc) is 1.98. The second-order valence-electron chi connectivity index (χ2n) is 1.82. The van der Waals surface area contributed by atoms with Crippen molar-refractivity contribution in [3.63, 3.8) is 0 Å². The Bertz CT molecular complexity index is 127. The van der Waals surface area contributed by atoms with E-state index in [-0.39, 0.29) is 5.91 Å². The summed E-state index contributed by atoms with van der Waals surface area (Å²) in [5.74, 6) is 0.599. The van der Waals surface area contributed by atoms with Crippen LogP contribution in [0.4, 0.5) is 0 Å². The van der Waals surface area contributed by atoms with E-state index < -0.39 is 0 Å². The molecule has 4 heteroatoms. The second-order valence-corrected chi connectivity index (χ2v) is 3.21. The van der Waals surface area contributed by atoms with E-state index in [4.69, 9.17) is 0 Å². The molecule has 0 aliphatic carbocycles. The summed E-state index contributed by atoms with van der Waals surface area (Å²) < 4.78 is 1.52. The number of thiocarbonyl (C=S) groups is 1. The van der Waals surface area contributed by atoms with Crippen LogP contribution in [0.1, 0.15) is 6.92 Å². The van der Waals surface area contributed by atoms with E-state index in [9.17, 15) is 4.79 Å². The number of carbonyl (C=O) groups excluding carboxylic acids is 1. The molecule has 0 aromatic carbocycles. The minimum Gasteiger partial charge on any atom is -0.345 e. The lowest BCUT2D eigenvalue weighted by Gasteiger charge is -2.12. The van der Waals surface area contributed by atoms with Crippen molar-refractivity contribution in [3.8, 4) is 0 Å². The molecule has 0 heterocycles. The number of amides is 1. The highest BCUT2D eigenvalue weighted by molar-refractivity contribution is 8.21. The molecule has 0 aromatic heterocycles. The van der Waals surface area contributed by atoms with Gasteiger partial charge in [0.05, 0.1) is 5.75 Å². The topological polar surface area (TPSA) is 20.3 Å². The molecule has 0 rings (SSSR count). The van der Waals surface area contributed by atoms with E-state index in [2.05, 4.69) is 12.2 Å². The van der Waals surface area contributed by atoms with Gasteiger partial charge in [-0.2, -0.15) is 0 Å². The van der Waals surface area contributed by atoms with E-state index in [1.54, 1.807) is 11.9 Å². The van der Waals surface area contributed by atoms with Gasteiger partial charge in [0.1, 0.15) is 0 Å². The molecule has 0 spiro atoms. The third-order valence-electron chi connectivity index (χ3n) is 1.17. The van der Waals surface area contributed by atoms with E-state index in [1.165, 1.54) is 16.5 Å².